The summed E-state index contributed by atoms with van der Waals surface area (Å²) in [5.74, 6) is 0.894. The second kappa shape index (κ2) is 4.34. The van der Waals surface area contributed by atoms with Crippen molar-refractivity contribution >= 4 is 5.96 Å². The maximum atomic E-state index is 8.60. The van der Waals surface area contributed by atoms with Crippen LogP contribution in [0.1, 0.15) is 35.4 Å². The molecular weight excluding hydrogens is 224 g/mol. The summed E-state index contributed by atoms with van der Waals surface area (Å²) >= 11 is 0. The number of hydrogen-bond acceptors (Lipinski definition) is 2. The van der Waals surface area contributed by atoms with E-state index in [0.717, 1.165) is 13.1 Å². The lowest BCUT2D eigenvalue weighted by Gasteiger charge is -2.38. The second-order valence-electron chi connectivity index (χ2n) is 5.03. The zero-order chi connectivity index (χ0) is 12.5. The molecule has 1 atom stereocenters. The first-order valence-corrected chi connectivity index (χ1v) is 6.37. The van der Waals surface area contributed by atoms with Gasteiger partial charge in [-0.15, -0.1) is 4.99 Å². The van der Waals surface area contributed by atoms with Crippen LogP contribution >= 0.6 is 0 Å². The lowest BCUT2D eigenvalue weighted by Crippen LogP contribution is -2.43. The quantitative estimate of drug-likeness (QED) is 0.426. The van der Waals surface area contributed by atoms with E-state index in [0.29, 0.717) is 11.9 Å². The lowest BCUT2D eigenvalue weighted by atomic mass is 9.78. The molecule has 2 N–H and O–H groups in total. The molecule has 1 aromatic rings. The number of guanidine groups is 1. The van der Waals surface area contributed by atoms with Crippen LogP contribution in [0.5, 0.6) is 0 Å². The Kier molecular flexibility index (Phi) is 2.67. The van der Waals surface area contributed by atoms with Crippen molar-refractivity contribution in [3.8, 4) is 6.19 Å². The predicted octanol–water partition coefficient (Wildman–Crippen LogP) is 1.72. The molecule has 0 radical (unpaired) electrons. The Morgan fingerprint density at radius 1 is 1.44 bits per heavy atom. The zero-order valence-corrected chi connectivity index (χ0v) is 10.3. The Morgan fingerprint density at radius 3 is 3.11 bits per heavy atom. The topological polar surface area (TPSA) is 65.4 Å². The molecule has 4 heteroatoms. The van der Waals surface area contributed by atoms with Crippen LogP contribution in [0.25, 0.3) is 0 Å². The Morgan fingerprint density at radius 2 is 2.28 bits per heavy atom. The standard InChI is InChI=1S/C14H16N4/c15-9-17-14(16)18-7-11-5-1-3-10-4-2-6-12(8-18)13(10)11/h1,3,5,12H,2,4,6-8H2,(H2,16,17)/t12-/m1/s1. The highest BCUT2D eigenvalue weighted by molar-refractivity contribution is 5.79. The summed E-state index contributed by atoms with van der Waals surface area (Å²) in [7, 11) is 0. The van der Waals surface area contributed by atoms with Crippen molar-refractivity contribution in [3.63, 3.8) is 0 Å². The van der Waals surface area contributed by atoms with E-state index in [1.807, 2.05) is 4.90 Å². The van der Waals surface area contributed by atoms with Crippen molar-refractivity contribution in [3.05, 3.63) is 34.9 Å². The second-order valence-corrected chi connectivity index (χ2v) is 5.03. The minimum Gasteiger partial charge on any atom is -0.369 e. The smallest absolute Gasteiger partial charge is 0.209 e. The summed E-state index contributed by atoms with van der Waals surface area (Å²) in [4.78, 5) is 5.68. The van der Waals surface area contributed by atoms with E-state index in [9.17, 15) is 0 Å². The Bertz CT molecular complexity index is 541. The van der Waals surface area contributed by atoms with Gasteiger partial charge in [0.2, 0.25) is 12.2 Å². The third-order valence-corrected chi connectivity index (χ3v) is 3.98. The molecule has 0 spiro atoms. The van der Waals surface area contributed by atoms with E-state index in [1.165, 1.54) is 36.0 Å². The third kappa shape index (κ3) is 1.72. The van der Waals surface area contributed by atoms with Crippen LogP contribution in [0.3, 0.4) is 0 Å². The summed E-state index contributed by atoms with van der Waals surface area (Å²) < 4.78 is 0. The third-order valence-electron chi connectivity index (χ3n) is 3.98. The van der Waals surface area contributed by atoms with E-state index in [4.69, 9.17) is 11.0 Å². The van der Waals surface area contributed by atoms with Gasteiger partial charge in [0.25, 0.3) is 0 Å². The van der Waals surface area contributed by atoms with Crippen molar-refractivity contribution in [1.29, 1.82) is 5.26 Å². The number of nitriles is 1. The largest absolute Gasteiger partial charge is 0.369 e. The fourth-order valence-corrected chi connectivity index (χ4v) is 3.24. The number of aryl methyl sites for hydroxylation is 1. The van der Waals surface area contributed by atoms with Gasteiger partial charge in [-0.1, -0.05) is 18.2 Å². The number of nitrogens with two attached hydrogens (primary N) is 1. The van der Waals surface area contributed by atoms with Gasteiger partial charge >= 0.3 is 0 Å². The minimum absolute atomic E-state index is 0.346. The normalized spacial score (nSPS) is 22.3. The average molecular weight is 240 g/mol. The molecule has 0 fully saturated rings. The molecule has 0 saturated heterocycles. The highest BCUT2D eigenvalue weighted by Crippen LogP contribution is 2.38. The van der Waals surface area contributed by atoms with Crippen molar-refractivity contribution in [1.82, 2.24) is 4.90 Å². The number of nitrogens with zero attached hydrogens (tertiary/aromatic N) is 3. The highest BCUT2D eigenvalue weighted by Gasteiger charge is 2.30. The van der Waals surface area contributed by atoms with Crippen LogP contribution in [-0.2, 0) is 13.0 Å². The Hall–Kier alpha value is -2.02. The van der Waals surface area contributed by atoms with Crippen LogP contribution in [0, 0.1) is 11.5 Å². The summed E-state index contributed by atoms with van der Waals surface area (Å²) in [5.41, 5.74) is 10.2. The predicted molar refractivity (Wildman–Crippen MR) is 69.8 cm³/mol. The van der Waals surface area contributed by atoms with Crippen LogP contribution in [0.2, 0.25) is 0 Å². The van der Waals surface area contributed by atoms with Crippen LogP contribution in [-0.4, -0.2) is 17.4 Å². The zero-order valence-electron chi connectivity index (χ0n) is 10.3. The van der Waals surface area contributed by atoms with Crippen molar-refractivity contribution in [2.24, 2.45) is 10.7 Å². The van der Waals surface area contributed by atoms with E-state index in [-0.39, 0.29) is 0 Å². The molecule has 0 bridgehead atoms. The van der Waals surface area contributed by atoms with Gasteiger partial charge in [0.15, 0.2) is 0 Å². The molecule has 2 aliphatic rings. The summed E-state index contributed by atoms with van der Waals surface area (Å²) in [5, 5.41) is 8.60. The van der Waals surface area contributed by atoms with E-state index < -0.39 is 0 Å². The van der Waals surface area contributed by atoms with Crippen LogP contribution < -0.4 is 5.73 Å². The molecule has 0 unspecified atom stereocenters. The van der Waals surface area contributed by atoms with Crippen molar-refractivity contribution in [2.75, 3.05) is 6.54 Å². The SMILES string of the molecule is N#CN=C(N)N1Cc2cccc3c2[C@H](CCC3)C1. The highest BCUT2D eigenvalue weighted by atomic mass is 15.3. The monoisotopic (exact) mass is 240 g/mol. The summed E-state index contributed by atoms with van der Waals surface area (Å²) in [6, 6.07) is 6.54. The first-order valence-electron chi connectivity index (χ1n) is 6.37. The molecule has 0 amide bonds. The summed E-state index contributed by atoms with van der Waals surface area (Å²) in [6.07, 6.45) is 5.41. The molecule has 1 aliphatic carbocycles. The number of hydrogen-bond donors (Lipinski definition) is 1. The molecule has 0 saturated carbocycles. The van der Waals surface area contributed by atoms with Crippen molar-refractivity contribution in [2.45, 2.75) is 31.7 Å². The first-order chi connectivity index (χ1) is 8.79. The van der Waals surface area contributed by atoms with E-state index >= 15 is 0 Å². The molecular formula is C14H16N4. The lowest BCUT2D eigenvalue weighted by molar-refractivity contribution is 0.326. The molecule has 1 heterocycles. The fraction of sp³-hybridized carbons (Fsp3) is 0.429. The molecule has 0 aromatic heterocycles. The van der Waals surface area contributed by atoms with Gasteiger partial charge in [0.05, 0.1) is 0 Å². The van der Waals surface area contributed by atoms with Crippen LogP contribution in [0.15, 0.2) is 23.2 Å². The Balaban J connectivity index is 1.99. The maximum Gasteiger partial charge on any atom is 0.209 e. The van der Waals surface area contributed by atoms with Gasteiger partial charge in [0.1, 0.15) is 0 Å². The van der Waals surface area contributed by atoms with Gasteiger partial charge < -0.3 is 10.6 Å². The van der Waals surface area contributed by atoms with Crippen LogP contribution in [0.4, 0.5) is 0 Å². The first kappa shape index (κ1) is 11.1. The van der Waals surface area contributed by atoms with E-state index in [2.05, 4.69) is 23.2 Å². The number of rotatable bonds is 0. The molecule has 1 aliphatic heterocycles. The van der Waals surface area contributed by atoms with Gasteiger partial charge in [0, 0.05) is 19.0 Å². The molecule has 92 valence electrons. The molecule has 1 aromatic carbocycles. The fourth-order valence-electron chi connectivity index (χ4n) is 3.24. The molecule has 3 rings (SSSR count). The molecule has 4 nitrogen and oxygen atoms in total. The molecule has 18 heavy (non-hydrogen) atoms. The number of aliphatic imine (C=N–C) groups is 1. The van der Waals surface area contributed by atoms with Gasteiger partial charge in [-0.05, 0) is 36.0 Å². The van der Waals surface area contributed by atoms with Gasteiger partial charge in [-0.2, -0.15) is 5.26 Å². The average Bonchev–Trinajstić information content (AvgIpc) is 2.39. The van der Waals surface area contributed by atoms with Gasteiger partial charge in [-0.25, -0.2) is 0 Å². The van der Waals surface area contributed by atoms with Crippen molar-refractivity contribution < 1.29 is 0 Å². The Labute approximate surface area is 107 Å². The van der Waals surface area contributed by atoms with E-state index in [1.54, 1.807) is 6.19 Å². The maximum absolute atomic E-state index is 8.60. The summed E-state index contributed by atoms with van der Waals surface area (Å²) in [6.45, 7) is 1.66. The van der Waals surface area contributed by atoms with Gasteiger partial charge in [-0.3, -0.25) is 0 Å². The minimum atomic E-state index is 0.346. The number of benzene rings is 1.